The topological polar surface area (TPSA) is 67.9 Å². The van der Waals surface area contributed by atoms with Crippen LogP contribution in [0.25, 0.3) is 6.08 Å². The van der Waals surface area contributed by atoms with Gasteiger partial charge >= 0.3 is 0 Å². The summed E-state index contributed by atoms with van der Waals surface area (Å²) >= 11 is 12.7. The van der Waals surface area contributed by atoms with E-state index in [1.807, 2.05) is 50.2 Å². The van der Waals surface area contributed by atoms with Crippen LogP contribution in [0.3, 0.4) is 0 Å². The summed E-state index contributed by atoms with van der Waals surface area (Å²) in [5.41, 5.74) is 3.00. The number of hydrogen-bond acceptors (Lipinski definition) is 6. The normalized spacial score (nSPS) is 14.3. The molecule has 0 bridgehead atoms. The number of nitrogens with one attached hydrogen (secondary N) is 1. The lowest BCUT2D eigenvalue weighted by Crippen LogP contribution is -2.27. The lowest BCUT2D eigenvalue weighted by molar-refractivity contribution is -0.118. The standard InChI is InChI=1S/C27H23ClN2O4S2/c1-3-33-23-13-18(14-24-26(32)30(27(35)36-24)20-7-5-4-6-8-20)10-12-22(23)34-16-25(31)29-21-15-19(28)11-9-17(21)2/h4-15H,3,16H2,1-2H3,(H,29,31)/b24-14-. The number of anilines is 2. The van der Waals surface area contributed by atoms with Crippen molar-refractivity contribution in [3.63, 3.8) is 0 Å². The van der Waals surface area contributed by atoms with Gasteiger partial charge in [-0.3, -0.25) is 14.5 Å². The molecule has 0 aliphatic carbocycles. The number of nitrogens with zero attached hydrogens (tertiary/aromatic N) is 1. The predicted octanol–water partition coefficient (Wildman–Crippen LogP) is 6.47. The molecule has 4 rings (SSSR count). The van der Waals surface area contributed by atoms with Gasteiger partial charge in [0.1, 0.15) is 0 Å². The van der Waals surface area contributed by atoms with E-state index in [0.29, 0.717) is 38.0 Å². The largest absolute Gasteiger partial charge is 0.490 e. The molecule has 184 valence electrons. The average Bonchev–Trinajstić information content (AvgIpc) is 3.14. The third kappa shape index (κ3) is 6.07. The highest BCUT2D eigenvalue weighted by Crippen LogP contribution is 2.37. The Morgan fingerprint density at radius 1 is 1.08 bits per heavy atom. The van der Waals surface area contributed by atoms with Crippen LogP contribution < -0.4 is 19.7 Å². The van der Waals surface area contributed by atoms with Crippen LogP contribution in [-0.4, -0.2) is 29.3 Å². The second-order valence-electron chi connectivity index (χ2n) is 7.79. The molecule has 0 unspecified atom stereocenters. The summed E-state index contributed by atoms with van der Waals surface area (Å²) in [5, 5.41) is 3.34. The fourth-order valence-electron chi connectivity index (χ4n) is 3.48. The Bertz CT molecular complexity index is 1340. The number of amides is 2. The lowest BCUT2D eigenvalue weighted by atomic mass is 10.1. The summed E-state index contributed by atoms with van der Waals surface area (Å²) in [7, 11) is 0. The summed E-state index contributed by atoms with van der Waals surface area (Å²) in [6, 6.07) is 19.9. The molecule has 3 aromatic rings. The third-order valence-corrected chi connectivity index (χ3v) is 6.74. The fraction of sp³-hybridized carbons (Fsp3) is 0.148. The number of thiocarbonyl (C=S) groups is 1. The van der Waals surface area contributed by atoms with Gasteiger partial charge in [0.25, 0.3) is 11.8 Å². The van der Waals surface area contributed by atoms with Crippen molar-refractivity contribution >= 4 is 69.2 Å². The Kier molecular flexibility index (Phi) is 8.30. The molecule has 1 heterocycles. The van der Waals surface area contributed by atoms with Gasteiger partial charge in [0.2, 0.25) is 0 Å². The van der Waals surface area contributed by atoms with Crippen LogP contribution >= 0.6 is 35.6 Å². The number of thioether (sulfide) groups is 1. The van der Waals surface area contributed by atoms with Gasteiger partial charge in [-0.2, -0.15) is 0 Å². The summed E-state index contributed by atoms with van der Waals surface area (Å²) in [5.74, 6) is 0.388. The molecule has 6 nitrogen and oxygen atoms in total. The van der Waals surface area contributed by atoms with Crippen molar-refractivity contribution in [1.29, 1.82) is 0 Å². The number of benzene rings is 3. The van der Waals surface area contributed by atoms with Crippen LogP contribution in [0.5, 0.6) is 11.5 Å². The highest BCUT2D eigenvalue weighted by molar-refractivity contribution is 8.27. The first kappa shape index (κ1) is 25.8. The molecule has 1 aliphatic heterocycles. The SMILES string of the molecule is CCOc1cc(/C=C2\SC(=S)N(c3ccccc3)C2=O)ccc1OCC(=O)Nc1cc(Cl)ccc1C. The zero-order chi connectivity index (χ0) is 25.7. The molecule has 9 heteroatoms. The predicted molar refractivity (Wildman–Crippen MR) is 150 cm³/mol. The van der Waals surface area contributed by atoms with E-state index in [1.54, 1.807) is 36.4 Å². The number of carbonyl (C=O) groups is 2. The van der Waals surface area contributed by atoms with E-state index in [-0.39, 0.29) is 18.4 Å². The van der Waals surface area contributed by atoms with E-state index in [4.69, 9.17) is 33.3 Å². The maximum Gasteiger partial charge on any atom is 0.270 e. The fourth-order valence-corrected chi connectivity index (χ4v) is 4.95. The molecule has 0 radical (unpaired) electrons. The molecule has 1 N–H and O–H groups in total. The first-order valence-corrected chi connectivity index (χ1v) is 12.7. The average molecular weight is 539 g/mol. The van der Waals surface area contributed by atoms with Crippen molar-refractivity contribution in [3.05, 3.63) is 87.8 Å². The zero-order valence-corrected chi connectivity index (χ0v) is 22.0. The van der Waals surface area contributed by atoms with Gasteiger partial charge in [0, 0.05) is 10.7 Å². The number of carbonyl (C=O) groups excluding carboxylic acids is 2. The maximum atomic E-state index is 13.0. The first-order chi connectivity index (χ1) is 17.4. The Morgan fingerprint density at radius 2 is 1.86 bits per heavy atom. The van der Waals surface area contributed by atoms with Gasteiger partial charge in [-0.15, -0.1) is 0 Å². The third-order valence-electron chi connectivity index (χ3n) is 5.21. The number of aryl methyl sites for hydroxylation is 1. The van der Waals surface area contributed by atoms with E-state index in [9.17, 15) is 9.59 Å². The molecule has 3 aromatic carbocycles. The minimum Gasteiger partial charge on any atom is -0.490 e. The zero-order valence-electron chi connectivity index (χ0n) is 19.6. The van der Waals surface area contributed by atoms with Gasteiger partial charge in [-0.1, -0.05) is 65.9 Å². The summed E-state index contributed by atoms with van der Waals surface area (Å²) in [6.45, 7) is 3.94. The first-order valence-electron chi connectivity index (χ1n) is 11.1. The molecular formula is C27H23ClN2O4S2. The Labute approximate surface area is 224 Å². The molecule has 0 aromatic heterocycles. The highest BCUT2D eigenvalue weighted by atomic mass is 35.5. The molecule has 1 fully saturated rings. The van der Waals surface area contributed by atoms with E-state index in [0.717, 1.165) is 16.8 Å². The van der Waals surface area contributed by atoms with Crippen LogP contribution in [0.15, 0.2) is 71.6 Å². The van der Waals surface area contributed by atoms with Crippen molar-refractivity contribution < 1.29 is 19.1 Å². The molecule has 0 spiro atoms. The second-order valence-corrected chi connectivity index (χ2v) is 9.90. The summed E-state index contributed by atoms with van der Waals surface area (Å²) in [6.07, 6.45) is 1.77. The molecule has 0 atom stereocenters. The van der Waals surface area contributed by atoms with Crippen LogP contribution in [0.4, 0.5) is 11.4 Å². The molecule has 36 heavy (non-hydrogen) atoms. The number of hydrogen-bond donors (Lipinski definition) is 1. The Morgan fingerprint density at radius 3 is 2.61 bits per heavy atom. The smallest absolute Gasteiger partial charge is 0.270 e. The lowest BCUT2D eigenvalue weighted by Gasteiger charge is -2.14. The summed E-state index contributed by atoms with van der Waals surface area (Å²) in [4.78, 5) is 27.5. The van der Waals surface area contributed by atoms with Gasteiger partial charge in [-0.25, -0.2) is 0 Å². The summed E-state index contributed by atoms with van der Waals surface area (Å²) < 4.78 is 11.9. The minimum absolute atomic E-state index is 0.178. The van der Waals surface area contributed by atoms with E-state index >= 15 is 0 Å². The number of rotatable bonds is 8. The maximum absolute atomic E-state index is 13.0. The highest BCUT2D eigenvalue weighted by Gasteiger charge is 2.33. The Balaban J connectivity index is 1.47. The van der Waals surface area contributed by atoms with E-state index < -0.39 is 0 Å². The molecular weight excluding hydrogens is 516 g/mol. The quantitative estimate of drug-likeness (QED) is 0.262. The molecule has 1 saturated heterocycles. The van der Waals surface area contributed by atoms with E-state index in [2.05, 4.69) is 5.32 Å². The van der Waals surface area contributed by atoms with Crippen molar-refractivity contribution in [2.24, 2.45) is 0 Å². The number of halogens is 1. The van der Waals surface area contributed by atoms with Gasteiger partial charge in [0.05, 0.1) is 17.2 Å². The van der Waals surface area contributed by atoms with Crippen molar-refractivity contribution in [1.82, 2.24) is 0 Å². The minimum atomic E-state index is -0.323. The monoisotopic (exact) mass is 538 g/mol. The Hall–Kier alpha value is -3.33. The van der Waals surface area contributed by atoms with E-state index in [1.165, 1.54) is 16.7 Å². The van der Waals surface area contributed by atoms with Crippen LogP contribution in [-0.2, 0) is 9.59 Å². The van der Waals surface area contributed by atoms with Crippen molar-refractivity contribution in [3.8, 4) is 11.5 Å². The van der Waals surface area contributed by atoms with Crippen LogP contribution in [0.1, 0.15) is 18.1 Å². The molecule has 0 saturated carbocycles. The van der Waals surface area contributed by atoms with Gasteiger partial charge < -0.3 is 14.8 Å². The van der Waals surface area contributed by atoms with Crippen molar-refractivity contribution in [2.75, 3.05) is 23.4 Å². The second kappa shape index (κ2) is 11.6. The number of para-hydroxylation sites is 1. The van der Waals surface area contributed by atoms with Crippen LogP contribution in [0.2, 0.25) is 5.02 Å². The molecule has 1 aliphatic rings. The van der Waals surface area contributed by atoms with Crippen molar-refractivity contribution in [2.45, 2.75) is 13.8 Å². The molecule has 2 amide bonds. The van der Waals surface area contributed by atoms with Crippen LogP contribution in [0, 0.1) is 6.92 Å². The van der Waals surface area contributed by atoms with Gasteiger partial charge in [-0.05, 0) is 67.4 Å². The number of ether oxygens (including phenoxy) is 2. The van der Waals surface area contributed by atoms with Gasteiger partial charge in [0.15, 0.2) is 22.4 Å².